The highest BCUT2D eigenvalue weighted by Crippen LogP contribution is 1.97. The molecule has 0 aliphatic carbocycles. The number of sulfone groups is 1. The summed E-state index contributed by atoms with van der Waals surface area (Å²) in [5.41, 5.74) is 4.80. The second kappa shape index (κ2) is 3.17. The highest BCUT2D eigenvalue weighted by atomic mass is 32.2. The molecule has 13 heavy (non-hydrogen) atoms. The Labute approximate surface area is 74.7 Å². The topological polar surface area (TPSA) is 106 Å². The lowest BCUT2D eigenvalue weighted by Crippen LogP contribution is -2.15. The van der Waals surface area contributed by atoms with E-state index in [1.807, 2.05) is 0 Å². The fourth-order valence-electron chi connectivity index (χ4n) is 0.845. The highest BCUT2D eigenvalue weighted by molar-refractivity contribution is 7.89. The van der Waals surface area contributed by atoms with Crippen molar-refractivity contribution in [3.63, 3.8) is 0 Å². The Kier molecular flexibility index (Phi) is 2.37. The molecule has 0 radical (unpaired) electrons. The van der Waals surface area contributed by atoms with Gasteiger partial charge in [0.15, 0.2) is 9.84 Å². The average Bonchev–Trinajstić information content (AvgIpc) is 1.78. The van der Waals surface area contributed by atoms with Crippen LogP contribution in [0.15, 0.2) is 10.9 Å². The van der Waals surface area contributed by atoms with E-state index in [9.17, 15) is 13.2 Å². The standard InChI is InChI=1S/C6H9N3O3S/c1-13(11,12)3-5-8-4(7)2-6(10)9-5/h2H,3H2,1H3,(H3,7,8,9,10). The number of anilines is 1. The van der Waals surface area contributed by atoms with Gasteiger partial charge >= 0.3 is 0 Å². The fourth-order valence-corrected chi connectivity index (χ4v) is 1.48. The molecule has 1 aromatic rings. The summed E-state index contributed by atoms with van der Waals surface area (Å²) in [7, 11) is -3.20. The molecule has 1 rings (SSSR count). The Morgan fingerprint density at radius 1 is 1.62 bits per heavy atom. The maximum atomic E-state index is 10.8. The molecular weight excluding hydrogens is 194 g/mol. The van der Waals surface area contributed by atoms with E-state index in [1.165, 1.54) is 0 Å². The monoisotopic (exact) mass is 203 g/mol. The largest absolute Gasteiger partial charge is 0.383 e. The molecule has 0 fully saturated rings. The van der Waals surface area contributed by atoms with E-state index in [0.717, 1.165) is 12.3 Å². The van der Waals surface area contributed by atoms with Gasteiger partial charge in [-0.3, -0.25) is 4.79 Å². The average molecular weight is 203 g/mol. The van der Waals surface area contributed by atoms with Crippen LogP contribution in [0.4, 0.5) is 5.82 Å². The van der Waals surface area contributed by atoms with E-state index >= 15 is 0 Å². The third kappa shape index (κ3) is 3.24. The SMILES string of the molecule is CS(=O)(=O)Cc1nc(N)cc(=O)[nH]1. The molecule has 0 spiro atoms. The van der Waals surface area contributed by atoms with Crippen molar-refractivity contribution in [2.75, 3.05) is 12.0 Å². The Balaban J connectivity index is 3.10. The van der Waals surface area contributed by atoms with Gasteiger partial charge in [-0.2, -0.15) is 0 Å². The lowest BCUT2D eigenvalue weighted by atomic mass is 10.5. The van der Waals surface area contributed by atoms with Gasteiger partial charge in [-0.05, 0) is 0 Å². The second-order valence-corrected chi connectivity index (χ2v) is 4.83. The van der Waals surface area contributed by atoms with Crippen molar-refractivity contribution >= 4 is 15.7 Å². The molecule has 3 N–H and O–H groups in total. The normalized spacial score (nSPS) is 11.5. The number of nitrogens with zero attached hydrogens (tertiary/aromatic N) is 1. The summed E-state index contributed by atoms with van der Waals surface area (Å²) in [4.78, 5) is 16.8. The molecule has 0 aliphatic heterocycles. The van der Waals surface area contributed by atoms with Crippen LogP contribution in [0.3, 0.4) is 0 Å². The number of nitrogen functional groups attached to an aromatic ring is 1. The van der Waals surface area contributed by atoms with Gasteiger partial charge in [0.25, 0.3) is 5.56 Å². The van der Waals surface area contributed by atoms with Crippen LogP contribution in [0.25, 0.3) is 0 Å². The molecule has 7 heteroatoms. The molecule has 0 unspecified atom stereocenters. The van der Waals surface area contributed by atoms with Crippen LogP contribution in [-0.2, 0) is 15.6 Å². The van der Waals surface area contributed by atoms with Crippen LogP contribution < -0.4 is 11.3 Å². The minimum absolute atomic E-state index is 0.0161. The summed E-state index contributed by atoms with van der Waals surface area (Å²) in [5.74, 6) is -0.234. The number of nitrogens with one attached hydrogen (secondary N) is 1. The first-order chi connectivity index (χ1) is 5.87. The number of H-pyrrole nitrogens is 1. The van der Waals surface area contributed by atoms with Gasteiger partial charge in [-0.1, -0.05) is 0 Å². The molecular formula is C6H9N3O3S. The van der Waals surface area contributed by atoms with Crippen molar-refractivity contribution in [3.8, 4) is 0 Å². The van der Waals surface area contributed by atoms with Crippen molar-refractivity contribution in [3.05, 3.63) is 22.2 Å². The van der Waals surface area contributed by atoms with Crippen LogP contribution in [0.2, 0.25) is 0 Å². The van der Waals surface area contributed by atoms with Crippen LogP contribution in [0.5, 0.6) is 0 Å². The van der Waals surface area contributed by atoms with Crippen LogP contribution in [0, 0.1) is 0 Å². The Bertz CT molecular complexity index is 462. The molecule has 0 aliphatic rings. The van der Waals surface area contributed by atoms with Crippen LogP contribution >= 0.6 is 0 Å². The summed E-state index contributed by atoms with van der Waals surface area (Å²) in [5, 5.41) is 0. The minimum Gasteiger partial charge on any atom is -0.383 e. The Morgan fingerprint density at radius 2 is 2.23 bits per heavy atom. The van der Waals surface area contributed by atoms with Gasteiger partial charge < -0.3 is 10.7 Å². The van der Waals surface area contributed by atoms with Gasteiger partial charge in [0, 0.05) is 12.3 Å². The quantitative estimate of drug-likeness (QED) is 0.634. The van der Waals surface area contributed by atoms with E-state index in [1.54, 1.807) is 0 Å². The molecule has 0 atom stereocenters. The van der Waals surface area contributed by atoms with Gasteiger partial charge in [0.1, 0.15) is 17.4 Å². The second-order valence-electron chi connectivity index (χ2n) is 2.69. The lowest BCUT2D eigenvalue weighted by molar-refractivity contribution is 0.599. The zero-order valence-electron chi connectivity index (χ0n) is 6.94. The Hall–Kier alpha value is -1.37. The number of nitrogens with two attached hydrogens (primary N) is 1. The van der Waals surface area contributed by atoms with Crippen molar-refractivity contribution in [2.45, 2.75) is 5.75 Å². The predicted molar refractivity (Wildman–Crippen MR) is 47.8 cm³/mol. The first kappa shape index (κ1) is 9.72. The van der Waals surface area contributed by atoms with E-state index in [4.69, 9.17) is 5.73 Å². The summed E-state index contributed by atoms with van der Waals surface area (Å²) in [6.45, 7) is 0. The number of aromatic nitrogens is 2. The fraction of sp³-hybridized carbons (Fsp3) is 0.333. The van der Waals surface area contributed by atoms with Crippen LogP contribution in [-0.4, -0.2) is 24.6 Å². The van der Waals surface area contributed by atoms with Crippen molar-refractivity contribution in [1.29, 1.82) is 0 Å². The smallest absolute Gasteiger partial charge is 0.252 e. The number of rotatable bonds is 2. The first-order valence-corrected chi connectivity index (χ1v) is 5.46. The Morgan fingerprint density at radius 3 is 2.69 bits per heavy atom. The maximum Gasteiger partial charge on any atom is 0.252 e. The maximum absolute atomic E-state index is 10.8. The van der Waals surface area contributed by atoms with E-state index in [-0.39, 0.29) is 17.4 Å². The van der Waals surface area contributed by atoms with Gasteiger partial charge in [0.2, 0.25) is 0 Å². The molecule has 0 bridgehead atoms. The molecule has 72 valence electrons. The molecule has 1 heterocycles. The summed E-state index contributed by atoms with van der Waals surface area (Å²) in [6.07, 6.45) is 1.05. The first-order valence-electron chi connectivity index (χ1n) is 3.40. The number of aromatic amines is 1. The number of hydrogen-bond acceptors (Lipinski definition) is 5. The van der Waals surface area contributed by atoms with Crippen LogP contribution in [0.1, 0.15) is 5.82 Å². The van der Waals surface area contributed by atoms with Gasteiger partial charge in [-0.15, -0.1) is 0 Å². The minimum atomic E-state index is -3.20. The van der Waals surface area contributed by atoms with Gasteiger partial charge in [-0.25, -0.2) is 13.4 Å². The van der Waals surface area contributed by atoms with Gasteiger partial charge in [0.05, 0.1) is 0 Å². The third-order valence-electron chi connectivity index (χ3n) is 1.21. The molecule has 1 aromatic heterocycles. The van der Waals surface area contributed by atoms with Crippen molar-refractivity contribution < 1.29 is 8.42 Å². The van der Waals surface area contributed by atoms with E-state index in [2.05, 4.69) is 9.97 Å². The summed E-state index contributed by atoms with van der Waals surface area (Å²) >= 11 is 0. The summed E-state index contributed by atoms with van der Waals surface area (Å²) < 4.78 is 21.6. The number of hydrogen-bond donors (Lipinski definition) is 2. The lowest BCUT2D eigenvalue weighted by Gasteiger charge is -1.98. The van der Waals surface area contributed by atoms with Crippen molar-refractivity contribution in [1.82, 2.24) is 9.97 Å². The molecule has 0 aromatic carbocycles. The third-order valence-corrected chi connectivity index (χ3v) is 2.01. The zero-order valence-corrected chi connectivity index (χ0v) is 7.76. The zero-order chi connectivity index (χ0) is 10.1. The molecule has 0 saturated carbocycles. The highest BCUT2D eigenvalue weighted by Gasteiger charge is 2.07. The summed E-state index contributed by atoms with van der Waals surface area (Å²) in [6, 6.07) is 1.09. The molecule has 0 saturated heterocycles. The molecule has 6 nitrogen and oxygen atoms in total. The van der Waals surface area contributed by atoms with Crippen molar-refractivity contribution in [2.24, 2.45) is 0 Å². The predicted octanol–water partition coefficient (Wildman–Crippen LogP) is -1.10. The van der Waals surface area contributed by atoms with E-state index < -0.39 is 15.4 Å². The van der Waals surface area contributed by atoms with E-state index in [0.29, 0.717) is 0 Å². The molecule has 0 amide bonds.